The third kappa shape index (κ3) is 4.05. The predicted molar refractivity (Wildman–Crippen MR) is 86.7 cm³/mol. The Kier molecular flexibility index (Phi) is 5.20. The van der Waals surface area contributed by atoms with Gasteiger partial charge in [-0.25, -0.2) is 8.42 Å². The van der Waals surface area contributed by atoms with E-state index in [2.05, 4.69) is 26.0 Å². The molecule has 20 heavy (non-hydrogen) atoms. The van der Waals surface area contributed by atoms with Crippen LogP contribution in [0.2, 0.25) is 0 Å². The Labute approximate surface area is 131 Å². The largest absolute Gasteiger partial charge is 0.312 e. The average Bonchev–Trinajstić information content (AvgIpc) is 2.85. The molecule has 0 aliphatic rings. The van der Waals surface area contributed by atoms with Crippen LogP contribution in [0, 0.1) is 0 Å². The van der Waals surface area contributed by atoms with Crippen LogP contribution in [-0.2, 0) is 16.6 Å². The van der Waals surface area contributed by atoms with Gasteiger partial charge in [-0.15, -0.1) is 11.3 Å². The molecule has 0 radical (unpaired) electrons. The topological polar surface area (TPSA) is 58.2 Å². The zero-order chi connectivity index (χ0) is 14.6. The average molecular weight is 375 g/mol. The lowest BCUT2D eigenvalue weighted by molar-refractivity contribution is 0.603. The molecular formula is C13H15BrN2O2S2. The van der Waals surface area contributed by atoms with E-state index in [1.165, 1.54) is 11.3 Å². The molecule has 0 amide bonds. The van der Waals surface area contributed by atoms with E-state index >= 15 is 0 Å². The minimum absolute atomic E-state index is 0.324. The van der Waals surface area contributed by atoms with Crippen molar-refractivity contribution in [1.82, 2.24) is 5.32 Å². The Hall–Kier alpha value is -0.890. The summed E-state index contributed by atoms with van der Waals surface area (Å²) >= 11 is 4.60. The molecule has 0 fully saturated rings. The van der Waals surface area contributed by atoms with Gasteiger partial charge in [0.1, 0.15) is 4.21 Å². The number of thiophene rings is 1. The Balaban J connectivity index is 2.16. The molecule has 1 aromatic carbocycles. The van der Waals surface area contributed by atoms with Crippen LogP contribution in [0.4, 0.5) is 5.69 Å². The molecule has 1 aromatic heterocycles. The number of nitrogens with one attached hydrogen (secondary N) is 2. The quantitative estimate of drug-likeness (QED) is 0.814. The monoisotopic (exact) mass is 374 g/mol. The highest BCUT2D eigenvalue weighted by Crippen LogP contribution is 2.25. The highest BCUT2D eigenvalue weighted by Gasteiger charge is 2.16. The SMILES string of the molecule is CCNCc1ccc(S(=O)(=O)Nc2cccc(Br)c2)s1. The van der Waals surface area contributed by atoms with Crippen molar-refractivity contribution < 1.29 is 8.42 Å². The fraction of sp³-hybridized carbons (Fsp3) is 0.231. The highest BCUT2D eigenvalue weighted by molar-refractivity contribution is 9.10. The second kappa shape index (κ2) is 6.71. The van der Waals surface area contributed by atoms with E-state index in [0.29, 0.717) is 16.4 Å². The van der Waals surface area contributed by atoms with E-state index in [1.807, 2.05) is 19.1 Å². The van der Waals surface area contributed by atoms with Gasteiger partial charge in [0.05, 0.1) is 0 Å². The molecule has 1 heterocycles. The van der Waals surface area contributed by atoms with Crippen molar-refractivity contribution >= 4 is 43.0 Å². The summed E-state index contributed by atoms with van der Waals surface area (Å²) in [7, 11) is -3.51. The molecule has 2 rings (SSSR count). The van der Waals surface area contributed by atoms with E-state index in [9.17, 15) is 8.42 Å². The lowest BCUT2D eigenvalue weighted by Crippen LogP contribution is -2.11. The normalized spacial score (nSPS) is 11.5. The minimum Gasteiger partial charge on any atom is -0.312 e. The standard InChI is InChI=1S/C13H15BrN2O2S2/c1-2-15-9-12-6-7-13(19-12)20(17,18)16-11-5-3-4-10(14)8-11/h3-8,15-16H,2,9H2,1H3. The Morgan fingerprint density at radius 3 is 2.75 bits per heavy atom. The van der Waals surface area contributed by atoms with Gasteiger partial charge >= 0.3 is 0 Å². The number of hydrogen-bond acceptors (Lipinski definition) is 4. The van der Waals surface area contributed by atoms with Gasteiger partial charge < -0.3 is 5.32 Å². The maximum absolute atomic E-state index is 12.3. The lowest BCUT2D eigenvalue weighted by atomic mass is 10.3. The summed E-state index contributed by atoms with van der Waals surface area (Å²) in [4.78, 5) is 1.00. The third-order valence-electron chi connectivity index (χ3n) is 2.53. The van der Waals surface area contributed by atoms with E-state index in [-0.39, 0.29) is 0 Å². The molecule has 2 aromatic rings. The molecule has 0 saturated heterocycles. The van der Waals surface area contributed by atoms with Crippen molar-refractivity contribution in [3.05, 3.63) is 45.7 Å². The summed E-state index contributed by atoms with van der Waals surface area (Å²) in [5.74, 6) is 0. The van der Waals surface area contributed by atoms with Crippen LogP contribution in [0.25, 0.3) is 0 Å². The van der Waals surface area contributed by atoms with Gasteiger partial charge in [-0.05, 0) is 36.9 Å². The van der Waals surface area contributed by atoms with E-state index < -0.39 is 10.0 Å². The predicted octanol–water partition coefficient (Wildman–Crippen LogP) is 3.42. The molecule has 2 N–H and O–H groups in total. The van der Waals surface area contributed by atoms with Crippen molar-refractivity contribution in [3.8, 4) is 0 Å². The molecule has 108 valence electrons. The Bertz CT molecular complexity index is 683. The van der Waals surface area contributed by atoms with Crippen LogP contribution in [0.3, 0.4) is 0 Å². The van der Waals surface area contributed by atoms with Crippen molar-refractivity contribution in [2.45, 2.75) is 17.7 Å². The minimum atomic E-state index is -3.51. The number of hydrogen-bond donors (Lipinski definition) is 2. The zero-order valence-electron chi connectivity index (χ0n) is 10.9. The first-order valence-electron chi connectivity index (χ1n) is 6.09. The zero-order valence-corrected chi connectivity index (χ0v) is 14.1. The first-order chi connectivity index (χ1) is 9.51. The van der Waals surface area contributed by atoms with Gasteiger partial charge in [-0.2, -0.15) is 0 Å². The van der Waals surface area contributed by atoms with E-state index in [1.54, 1.807) is 24.3 Å². The van der Waals surface area contributed by atoms with Gasteiger partial charge in [-0.1, -0.05) is 28.9 Å². The smallest absolute Gasteiger partial charge is 0.271 e. The van der Waals surface area contributed by atoms with Gasteiger partial charge in [0.2, 0.25) is 0 Å². The van der Waals surface area contributed by atoms with Gasteiger partial charge in [0.25, 0.3) is 10.0 Å². The molecule has 0 aliphatic carbocycles. The molecule has 0 spiro atoms. The van der Waals surface area contributed by atoms with Crippen molar-refractivity contribution in [2.24, 2.45) is 0 Å². The van der Waals surface area contributed by atoms with Crippen molar-refractivity contribution in [2.75, 3.05) is 11.3 Å². The summed E-state index contributed by atoms with van der Waals surface area (Å²) in [6, 6.07) is 10.5. The number of sulfonamides is 1. The molecule has 4 nitrogen and oxygen atoms in total. The van der Waals surface area contributed by atoms with Crippen LogP contribution in [0.15, 0.2) is 45.1 Å². The number of anilines is 1. The Morgan fingerprint density at radius 1 is 1.25 bits per heavy atom. The van der Waals surface area contributed by atoms with E-state index in [0.717, 1.165) is 15.9 Å². The molecule has 0 bridgehead atoms. The van der Waals surface area contributed by atoms with Crippen LogP contribution in [-0.4, -0.2) is 15.0 Å². The number of benzene rings is 1. The maximum atomic E-state index is 12.3. The first-order valence-corrected chi connectivity index (χ1v) is 9.18. The van der Waals surface area contributed by atoms with Crippen LogP contribution in [0.1, 0.15) is 11.8 Å². The Morgan fingerprint density at radius 2 is 2.05 bits per heavy atom. The fourth-order valence-electron chi connectivity index (χ4n) is 1.60. The van der Waals surface area contributed by atoms with Gasteiger partial charge in [-0.3, -0.25) is 4.72 Å². The van der Waals surface area contributed by atoms with Crippen LogP contribution >= 0.6 is 27.3 Å². The van der Waals surface area contributed by atoms with E-state index in [4.69, 9.17) is 0 Å². The molecule has 0 unspecified atom stereocenters. The van der Waals surface area contributed by atoms with Gasteiger partial charge in [0.15, 0.2) is 0 Å². The summed E-state index contributed by atoms with van der Waals surface area (Å²) in [5.41, 5.74) is 0.543. The summed E-state index contributed by atoms with van der Waals surface area (Å²) in [6.07, 6.45) is 0. The second-order valence-electron chi connectivity index (χ2n) is 4.12. The summed E-state index contributed by atoms with van der Waals surface area (Å²) in [6.45, 7) is 3.56. The maximum Gasteiger partial charge on any atom is 0.271 e. The second-order valence-corrected chi connectivity index (χ2v) is 8.11. The highest BCUT2D eigenvalue weighted by atomic mass is 79.9. The lowest BCUT2D eigenvalue weighted by Gasteiger charge is -2.06. The van der Waals surface area contributed by atoms with Crippen molar-refractivity contribution in [1.29, 1.82) is 0 Å². The molecule has 0 saturated carbocycles. The van der Waals surface area contributed by atoms with Crippen LogP contribution in [0.5, 0.6) is 0 Å². The first kappa shape index (κ1) is 15.5. The molecular weight excluding hydrogens is 360 g/mol. The van der Waals surface area contributed by atoms with Gasteiger partial charge in [0, 0.05) is 21.6 Å². The third-order valence-corrected chi connectivity index (χ3v) is 5.98. The number of halogens is 1. The fourth-order valence-corrected chi connectivity index (χ4v) is 4.38. The van der Waals surface area contributed by atoms with Crippen molar-refractivity contribution in [3.63, 3.8) is 0 Å². The van der Waals surface area contributed by atoms with Crippen LogP contribution < -0.4 is 10.0 Å². The summed E-state index contributed by atoms with van der Waals surface area (Å²) < 4.78 is 28.3. The molecule has 0 atom stereocenters. The summed E-state index contributed by atoms with van der Waals surface area (Å²) in [5, 5.41) is 3.18. The molecule has 7 heteroatoms. The number of rotatable bonds is 6. The molecule has 0 aliphatic heterocycles.